The fourth-order valence-electron chi connectivity index (χ4n) is 3.74. The van der Waals surface area contributed by atoms with E-state index in [-0.39, 0.29) is 18.1 Å². The molecule has 1 amide bonds. The molecular weight excluding hydrogens is 424 g/mol. The number of hydrogen-bond donors (Lipinski definition) is 1. The van der Waals surface area contributed by atoms with Gasteiger partial charge in [-0.25, -0.2) is 0 Å². The van der Waals surface area contributed by atoms with Crippen molar-refractivity contribution in [3.8, 4) is 11.3 Å². The predicted molar refractivity (Wildman–Crippen MR) is 113 cm³/mol. The summed E-state index contributed by atoms with van der Waals surface area (Å²) in [6.45, 7) is 0.163. The lowest BCUT2D eigenvalue weighted by atomic mass is 9.96. The average Bonchev–Trinajstić information content (AvgIpc) is 3.31. The van der Waals surface area contributed by atoms with Gasteiger partial charge < -0.3 is 14.4 Å². The molecule has 160 valence electrons. The summed E-state index contributed by atoms with van der Waals surface area (Å²) in [5, 5.41) is 18.9. The van der Waals surface area contributed by atoms with Gasteiger partial charge in [-0.2, -0.15) is 5.10 Å². The number of fused-ring (bicyclic) bond motifs is 1. The standard InChI is InChI=1S/C21H19ClN4O5/c1-30-16(31-2)11-25-20(13-5-9-15(10-6-13)26(28)29)17-18(23-24-19(17)21(25)27)12-3-7-14(22)8-4-12/h3-10,16,20H,11H2,1-2H3,(H,23,24). The first-order chi connectivity index (χ1) is 14.9. The number of nitro groups is 1. The number of nitrogens with one attached hydrogen (secondary N) is 1. The number of ether oxygens (including phenoxy) is 2. The summed E-state index contributed by atoms with van der Waals surface area (Å²) in [7, 11) is 2.99. The smallest absolute Gasteiger partial charge is 0.273 e. The van der Waals surface area contributed by atoms with Crippen molar-refractivity contribution in [3.05, 3.63) is 80.5 Å². The summed E-state index contributed by atoms with van der Waals surface area (Å²) in [4.78, 5) is 25.5. The van der Waals surface area contributed by atoms with Gasteiger partial charge in [0, 0.05) is 42.5 Å². The van der Waals surface area contributed by atoms with E-state index in [2.05, 4.69) is 10.2 Å². The average molecular weight is 443 g/mol. The van der Waals surface area contributed by atoms with E-state index in [0.717, 1.165) is 5.56 Å². The van der Waals surface area contributed by atoms with E-state index in [1.807, 2.05) is 12.1 Å². The van der Waals surface area contributed by atoms with Gasteiger partial charge in [-0.15, -0.1) is 0 Å². The molecule has 4 rings (SSSR count). The van der Waals surface area contributed by atoms with Crippen LogP contribution < -0.4 is 0 Å². The Hall–Kier alpha value is -3.27. The number of carbonyl (C=O) groups excluding carboxylic acids is 1. The molecule has 1 unspecified atom stereocenters. The Morgan fingerprint density at radius 1 is 1.16 bits per heavy atom. The van der Waals surface area contributed by atoms with Crippen LogP contribution >= 0.6 is 11.6 Å². The maximum Gasteiger partial charge on any atom is 0.273 e. The molecule has 1 aliphatic heterocycles. The summed E-state index contributed by atoms with van der Waals surface area (Å²) >= 11 is 6.02. The Morgan fingerprint density at radius 3 is 2.39 bits per heavy atom. The van der Waals surface area contributed by atoms with Gasteiger partial charge >= 0.3 is 0 Å². The van der Waals surface area contributed by atoms with Crippen molar-refractivity contribution in [2.24, 2.45) is 0 Å². The molecule has 2 aromatic carbocycles. The number of benzene rings is 2. The summed E-state index contributed by atoms with van der Waals surface area (Å²) in [5.74, 6) is -0.259. The first kappa shape index (κ1) is 21.0. The Bertz CT molecular complexity index is 1110. The Kier molecular flexibility index (Phi) is 5.73. The summed E-state index contributed by atoms with van der Waals surface area (Å²) < 4.78 is 10.6. The second kappa shape index (κ2) is 8.46. The summed E-state index contributed by atoms with van der Waals surface area (Å²) in [6.07, 6.45) is -0.638. The van der Waals surface area contributed by atoms with E-state index >= 15 is 0 Å². The molecule has 0 aliphatic carbocycles. The van der Waals surface area contributed by atoms with Crippen LogP contribution in [0.4, 0.5) is 5.69 Å². The molecule has 0 bridgehead atoms. The Morgan fingerprint density at radius 2 is 1.81 bits per heavy atom. The zero-order valence-electron chi connectivity index (χ0n) is 16.7. The third-order valence-corrected chi connectivity index (χ3v) is 5.52. The van der Waals surface area contributed by atoms with Crippen LogP contribution in [0, 0.1) is 10.1 Å². The van der Waals surface area contributed by atoms with E-state index < -0.39 is 17.3 Å². The van der Waals surface area contributed by atoms with Crippen LogP contribution in [-0.4, -0.2) is 53.0 Å². The van der Waals surface area contributed by atoms with Crippen molar-refractivity contribution in [2.75, 3.05) is 20.8 Å². The second-order valence-electron chi connectivity index (χ2n) is 6.98. The van der Waals surface area contributed by atoms with Crippen molar-refractivity contribution in [1.82, 2.24) is 15.1 Å². The maximum absolute atomic E-state index is 13.2. The fraction of sp³-hybridized carbons (Fsp3) is 0.238. The topological polar surface area (TPSA) is 111 Å². The molecule has 1 atom stereocenters. The lowest BCUT2D eigenvalue weighted by molar-refractivity contribution is -0.384. The number of H-pyrrole nitrogens is 1. The van der Waals surface area contributed by atoms with E-state index in [4.69, 9.17) is 21.1 Å². The number of rotatable bonds is 7. The minimum absolute atomic E-state index is 0.0309. The van der Waals surface area contributed by atoms with Gasteiger partial charge in [-0.05, 0) is 29.8 Å². The van der Waals surface area contributed by atoms with Crippen molar-refractivity contribution in [1.29, 1.82) is 0 Å². The van der Waals surface area contributed by atoms with Crippen molar-refractivity contribution < 1.29 is 19.2 Å². The molecule has 9 nitrogen and oxygen atoms in total. The van der Waals surface area contributed by atoms with Gasteiger partial charge in [0.25, 0.3) is 11.6 Å². The van der Waals surface area contributed by atoms with Crippen LogP contribution in [-0.2, 0) is 9.47 Å². The molecule has 31 heavy (non-hydrogen) atoms. The minimum atomic E-state index is -0.638. The zero-order chi connectivity index (χ0) is 22.1. The third kappa shape index (κ3) is 3.78. The Labute approximate surface area is 182 Å². The number of carbonyl (C=O) groups is 1. The van der Waals surface area contributed by atoms with E-state index in [1.54, 1.807) is 29.2 Å². The molecule has 2 heterocycles. The van der Waals surface area contributed by atoms with Gasteiger partial charge in [-0.1, -0.05) is 23.7 Å². The highest BCUT2D eigenvalue weighted by Gasteiger charge is 2.43. The molecule has 10 heteroatoms. The van der Waals surface area contributed by atoms with Gasteiger partial charge in [0.1, 0.15) is 5.69 Å². The highest BCUT2D eigenvalue weighted by molar-refractivity contribution is 6.30. The summed E-state index contributed by atoms with van der Waals surface area (Å²) in [6, 6.07) is 12.7. The van der Waals surface area contributed by atoms with E-state index in [0.29, 0.717) is 27.5 Å². The lowest BCUT2D eigenvalue weighted by Crippen LogP contribution is -2.38. The number of aromatic amines is 1. The SMILES string of the molecule is COC(CN1C(=O)c2[nH]nc(-c3ccc(Cl)cc3)c2C1c1ccc([N+](=O)[O-])cc1)OC. The van der Waals surface area contributed by atoms with Crippen molar-refractivity contribution in [2.45, 2.75) is 12.3 Å². The van der Waals surface area contributed by atoms with Gasteiger partial charge in [0.15, 0.2) is 6.29 Å². The first-order valence-electron chi connectivity index (χ1n) is 9.39. The Balaban J connectivity index is 1.83. The first-order valence-corrected chi connectivity index (χ1v) is 9.77. The number of nitrogens with zero attached hydrogens (tertiary/aromatic N) is 3. The number of nitro benzene ring substituents is 1. The molecular formula is C21H19ClN4O5. The van der Waals surface area contributed by atoms with Crippen molar-refractivity contribution >= 4 is 23.2 Å². The van der Waals surface area contributed by atoms with Crippen LogP contribution in [0.5, 0.6) is 0 Å². The van der Waals surface area contributed by atoms with Gasteiger partial charge in [-0.3, -0.25) is 20.0 Å². The number of non-ortho nitro benzene ring substituents is 1. The summed E-state index contributed by atoms with van der Waals surface area (Å²) in [5.41, 5.74) is 3.12. The molecule has 1 aliphatic rings. The highest BCUT2D eigenvalue weighted by Crippen LogP contribution is 2.43. The van der Waals surface area contributed by atoms with Crippen LogP contribution in [0.25, 0.3) is 11.3 Å². The molecule has 0 saturated heterocycles. The lowest BCUT2D eigenvalue weighted by Gasteiger charge is -2.29. The number of hydrogen-bond acceptors (Lipinski definition) is 6. The fourth-order valence-corrected chi connectivity index (χ4v) is 3.87. The highest BCUT2D eigenvalue weighted by atomic mass is 35.5. The third-order valence-electron chi connectivity index (χ3n) is 5.27. The number of halogens is 1. The zero-order valence-corrected chi connectivity index (χ0v) is 17.5. The monoisotopic (exact) mass is 442 g/mol. The number of aromatic nitrogens is 2. The molecule has 1 aromatic heterocycles. The van der Waals surface area contributed by atoms with Gasteiger partial charge in [0.05, 0.1) is 23.2 Å². The quantitative estimate of drug-likeness (QED) is 0.338. The molecule has 3 aromatic rings. The molecule has 0 spiro atoms. The van der Waals surface area contributed by atoms with Crippen LogP contribution in [0.3, 0.4) is 0 Å². The van der Waals surface area contributed by atoms with Crippen LogP contribution in [0.1, 0.15) is 27.7 Å². The molecule has 0 saturated carbocycles. The van der Waals surface area contributed by atoms with Crippen LogP contribution in [0.15, 0.2) is 48.5 Å². The van der Waals surface area contributed by atoms with Gasteiger partial charge in [0.2, 0.25) is 0 Å². The van der Waals surface area contributed by atoms with E-state index in [9.17, 15) is 14.9 Å². The second-order valence-corrected chi connectivity index (χ2v) is 7.41. The number of amides is 1. The predicted octanol–water partition coefficient (Wildman–Crippen LogP) is 3.80. The maximum atomic E-state index is 13.2. The molecule has 0 fully saturated rings. The largest absolute Gasteiger partial charge is 0.354 e. The van der Waals surface area contributed by atoms with E-state index in [1.165, 1.54) is 26.4 Å². The van der Waals surface area contributed by atoms with Crippen LogP contribution in [0.2, 0.25) is 5.02 Å². The van der Waals surface area contributed by atoms with Crippen molar-refractivity contribution in [3.63, 3.8) is 0 Å². The molecule has 0 radical (unpaired) electrons. The molecule has 1 N–H and O–H groups in total. The number of methoxy groups -OCH3 is 2. The minimum Gasteiger partial charge on any atom is -0.354 e. The normalized spacial score (nSPS) is 15.5.